The molecule has 0 amide bonds. The maximum absolute atomic E-state index is 11.9. The van der Waals surface area contributed by atoms with Gasteiger partial charge >= 0.3 is 24.1 Å². The van der Waals surface area contributed by atoms with E-state index in [9.17, 15) is 19.2 Å². The molecule has 0 saturated carbocycles. The van der Waals surface area contributed by atoms with E-state index >= 15 is 0 Å². The van der Waals surface area contributed by atoms with Gasteiger partial charge in [-0.25, -0.2) is 4.79 Å². The second-order valence-corrected chi connectivity index (χ2v) is 8.59. The van der Waals surface area contributed by atoms with Crippen molar-refractivity contribution < 1.29 is 52.3 Å². The molecule has 1 fully saturated rings. The van der Waals surface area contributed by atoms with Crippen molar-refractivity contribution >= 4 is 40.0 Å². The molecule has 0 radical (unpaired) electrons. The summed E-state index contributed by atoms with van der Waals surface area (Å²) in [6.07, 6.45) is -5.41. The van der Waals surface area contributed by atoms with Gasteiger partial charge in [0.15, 0.2) is 24.6 Å². The molecule has 0 spiro atoms. The molecular formula is C24H29BrO11. The molecule has 2 rings (SSSR count). The number of rotatable bonds is 11. The van der Waals surface area contributed by atoms with Gasteiger partial charge in [-0.1, -0.05) is 40.7 Å². The monoisotopic (exact) mass is 572 g/mol. The van der Waals surface area contributed by atoms with E-state index in [1.165, 1.54) is 6.08 Å². The van der Waals surface area contributed by atoms with Crippen LogP contribution in [0, 0.1) is 0 Å². The van der Waals surface area contributed by atoms with Crippen molar-refractivity contribution in [2.75, 3.05) is 19.8 Å². The van der Waals surface area contributed by atoms with Crippen LogP contribution in [0.15, 0.2) is 41.4 Å². The third-order valence-electron chi connectivity index (χ3n) is 4.77. The number of benzene rings is 1. The number of carbonyl (C=O) groups excluding carboxylic acids is 4. The minimum Gasteiger partial charge on any atom is -0.455 e. The molecule has 198 valence electrons. The predicted molar refractivity (Wildman–Crippen MR) is 127 cm³/mol. The first-order valence-electron chi connectivity index (χ1n) is 11.0. The summed E-state index contributed by atoms with van der Waals surface area (Å²) in [6, 6.07) is 7.58. The first-order chi connectivity index (χ1) is 17.1. The average Bonchev–Trinajstić information content (AvgIpc) is 2.80. The third kappa shape index (κ3) is 9.59. The van der Waals surface area contributed by atoms with Crippen LogP contribution in [0.4, 0.5) is 4.79 Å². The fraction of sp³-hybridized carbons (Fsp3) is 0.500. The lowest BCUT2D eigenvalue weighted by Gasteiger charge is -2.44. The lowest BCUT2D eigenvalue weighted by Crippen LogP contribution is -2.63. The molecule has 1 aliphatic heterocycles. The molecule has 0 aromatic heterocycles. The van der Waals surface area contributed by atoms with Crippen LogP contribution in [-0.4, -0.2) is 74.6 Å². The summed E-state index contributed by atoms with van der Waals surface area (Å²) in [5, 5.41) is 0. The minimum atomic E-state index is -1.31. The zero-order valence-electron chi connectivity index (χ0n) is 20.2. The van der Waals surface area contributed by atoms with Crippen LogP contribution < -0.4 is 0 Å². The summed E-state index contributed by atoms with van der Waals surface area (Å²) >= 11 is 3.37. The van der Waals surface area contributed by atoms with Gasteiger partial charge < -0.3 is 33.2 Å². The maximum Gasteiger partial charge on any atom is 0.508 e. The normalized spacial score (nSPS) is 23.2. The van der Waals surface area contributed by atoms with E-state index in [1.54, 1.807) is 0 Å². The molecule has 1 saturated heterocycles. The van der Waals surface area contributed by atoms with Gasteiger partial charge in [0.1, 0.15) is 19.3 Å². The molecule has 11 nitrogen and oxygen atoms in total. The summed E-state index contributed by atoms with van der Waals surface area (Å²) in [6.45, 7) is 6.51. The van der Waals surface area contributed by atoms with Crippen molar-refractivity contribution in [2.24, 2.45) is 0 Å². The van der Waals surface area contributed by atoms with Gasteiger partial charge in [0.2, 0.25) is 0 Å². The van der Waals surface area contributed by atoms with E-state index in [1.807, 2.05) is 24.3 Å². The van der Waals surface area contributed by atoms with Crippen LogP contribution >= 0.6 is 15.9 Å². The molecular weight excluding hydrogens is 544 g/mol. The first kappa shape index (κ1) is 29.3. The van der Waals surface area contributed by atoms with Gasteiger partial charge in [0, 0.05) is 25.2 Å². The smallest absolute Gasteiger partial charge is 0.455 e. The molecule has 1 heterocycles. The van der Waals surface area contributed by atoms with Gasteiger partial charge in [0.05, 0.1) is 6.61 Å². The van der Waals surface area contributed by atoms with E-state index in [0.29, 0.717) is 6.42 Å². The highest BCUT2D eigenvalue weighted by atomic mass is 79.9. The Morgan fingerprint density at radius 2 is 1.50 bits per heavy atom. The standard InChI is InChI=1S/C24H29BrO11/c1-5-11-31-24(29)32-13-19-20(33-14(2)26)21(34-15(3)27)22(35-16(4)28)23(36-19)30-12-10-17-6-8-18(25)9-7-17/h5-9,19-23H,1,10-13H2,2-4H3/t19-,20-,21+,22-,23-/m1/s1. The molecule has 0 aliphatic carbocycles. The van der Waals surface area contributed by atoms with Gasteiger partial charge in [-0.15, -0.1) is 0 Å². The Balaban J connectivity index is 2.26. The zero-order valence-corrected chi connectivity index (χ0v) is 21.8. The number of carbonyl (C=O) groups is 4. The fourth-order valence-electron chi connectivity index (χ4n) is 3.39. The van der Waals surface area contributed by atoms with Crippen molar-refractivity contribution in [3.8, 4) is 0 Å². The largest absolute Gasteiger partial charge is 0.508 e. The second-order valence-electron chi connectivity index (χ2n) is 7.67. The van der Waals surface area contributed by atoms with Crippen LogP contribution in [0.25, 0.3) is 0 Å². The van der Waals surface area contributed by atoms with E-state index in [4.69, 9.17) is 33.2 Å². The van der Waals surface area contributed by atoms with Crippen molar-refractivity contribution in [3.05, 3.63) is 47.0 Å². The Morgan fingerprint density at radius 1 is 0.917 bits per heavy atom. The molecule has 1 aromatic carbocycles. The van der Waals surface area contributed by atoms with Crippen LogP contribution in [0.5, 0.6) is 0 Å². The molecule has 1 aliphatic rings. The van der Waals surface area contributed by atoms with Gasteiger partial charge in [-0.2, -0.15) is 0 Å². The number of hydrogen-bond donors (Lipinski definition) is 0. The second kappa shape index (κ2) is 14.6. The summed E-state index contributed by atoms with van der Waals surface area (Å²) < 4.78 is 38.6. The summed E-state index contributed by atoms with van der Waals surface area (Å²) in [5.41, 5.74) is 0.970. The SMILES string of the molecule is C=CCOC(=O)OC[C@H]1O[C@@H](OCCc2ccc(Br)cc2)[C@H](OC(C)=O)[C@@H](OC(C)=O)[C@@H]1OC(C)=O. The van der Waals surface area contributed by atoms with Crippen molar-refractivity contribution in [1.82, 2.24) is 0 Å². The number of hydrogen-bond acceptors (Lipinski definition) is 11. The van der Waals surface area contributed by atoms with Crippen molar-refractivity contribution in [3.63, 3.8) is 0 Å². The van der Waals surface area contributed by atoms with E-state index < -0.39 is 61.4 Å². The Bertz CT molecular complexity index is 917. The van der Waals surface area contributed by atoms with Gasteiger partial charge in [-0.3, -0.25) is 14.4 Å². The predicted octanol–water partition coefficient (Wildman–Crippen LogP) is 2.87. The van der Waals surface area contributed by atoms with Gasteiger partial charge in [-0.05, 0) is 24.1 Å². The zero-order chi connectivity index (χ0) is 26.7. The Hall–Kier alpha value is -2.96. The number of halogens is 1. The van der Waals surface area contributed by atoms with E-state index in [-0.39, 0.29) is 13.2 Å². The molecule has 5 atom stereocenters. The van der Waals surface area contributed by atoms with Crippen LogP contribution in [0.1, 0.15) is 26.3 Å². The fourth-order valence-corrected chi connectivity index (χ4v) is 3.65. The third-order valence-corrected chi connectivity index (χ3v) is 5.30. The van der Waals surface area contributed by atoms with Crippen LogP contribution in [0.3, 0.4) is 0 Å². The van der Waals surface area contributed by atoms with Crippen molar-refractivity contribution in [2.45, 2.75) is 57.9 Å². The summed E-state index contributed by atoms with van der Waals surface area (Å²) in [7, 11) is 0. The molecule has 0 N–H and O–H groups in total. The highest BCUT2D eigenvalue weighted by Gasteiger charge is 2.52. The van der Waals surface area contributed by atoms with Crippen LogP contribution in [-0.2, 0) is 54.0 Å². The maximum atomic E-state index is 11.9. The van der Waals surface area contributed by atoms with Crippen molar-refractivity contribution in [1.29, 1.82) is 0 Å². The number of ether oxygens (including phenoxy) is 7. The highest BCUT2D eigenvalue weighted by Crippen LogP contribution is 2.30. The molecule has 1 aromatic rings. The first-order valence-corrected chi connectivity index (χ1v) is 11.8. The Kier molecular flexibility index (Phi) is 11.8. The van der Waals surface area contributed by atoms with E-state index in [0.717, 1.165) is 30.8 Å². The minimum absolute atomic E-state index is 0.0792. The average molecular weight is 573 g/mol. The summed E-state index contributed by atoms with van der Waals surface area (Å²) in [4.78, 5) is 47.4. The Morgan fingerprint density at radius 3 is 2.08 bits per heavy atom. The topological polar surface area (TPSA) is 133 Å². The van der Waals surface area contributed by atoms with Crippen LogP contribution in [0.2, 0.25) is 0 Å². The number of esters is 3. The molecule has 12 heteroatoms. The molecule has 0 unspecified atom stereocenters. The lowest BCUT2D eigenvalue weighted by molar-refractivity contribution is -0.307. The van der Waals surface area contributed by atoms with Gasteiger partial charge in [0.25, 0.3) is 0 Å². The van der Waals surface area contributed by atoms with E-state index in [2.05, 4.69) is 22.5 Å². The lowest BCUT2D eigenvalue weighted by atomic mass is 9.98. The molecule has 0 bridgehead atoms. The summed E-state index contributed by atoms with van der Waals surface area (Å²) in [5.74, 6) is -2.16. The highest BCUT2D eigenvalue weighted by molar-refractivity contribution is 9.10. The Labute approximate surface area is 217 Å². The quantitative estimate of drug-likeness (QED) is 0.220. The molecule has 36 heavy (non-hydrogen) atoms.